The highest BCUT2D eigenvalue weighted by Crippen LogP contribution is 2.03. The smallest absolute Gasteiger partial charge is 0.0974 e. The van der Waals surface area contributed by atoms with Gasteiger partial charge in [-0.15, -0.1) is 12.4 Å². The number of rotatable bonds is 3. The molecule has 3 heteroatoms. The Morgan fingerprint density at radius 2 is 1.94 bits per heavy atom. The first-order chi connectivity index (χ1) is 7.45. The Bertz CT molecular complexity index is 446. The average molecular weight is 234 g/mol. The van der Waals surface area contributed by atoms with E-state index in [2.05, 4.69) is 4.98 Å². The summed E-state index contributed by atoms with van der Waals surface area (Å²) in [4.78, 5) is 4.17. The van der Waals surface area contributed by atoms with E-state index in [1.807, 2.05) is 48.6 Å². The van der Waals surface area contributed by atoms with Crippen molar-refractivity contribution in [1.29, 1.82) is 0 Å². The van der Waals surface area contributed by atoms with Gasteiger partial charge in [0, 0.05) is 11.8 Å². The second kappa shape index (κ2) is 6.64. The molecule has 2 aromatic heterocycles. The number of hydrogen-bond acceptors (Lipinski definition) is 2. The Hall–Kier alpha value is -1.80. The Balaban J connectivity index is 0.00000128. The molecule has 2 rings (SSSR count). The molecule has 16 heavy (non-hydrogen) atoms. The SMILES string of the molecule is C(/C=C/c1ccccn1)=C\c1ccoc1.Cl. The molecule has 82 valence electrons. The fourth-order valence-electron chi connectivity index (χ4n) is 1.17. The Morgan fingerprint density at radius 1 is 1.06 bits per heavy atom. The minimum Gasteiger partial charge on any atom is -0.472 e. The molecule has 2 nitrogen and oxygen atoms in total. The Labute approximate surface area is 101 Å². The van der Waals surface area contributed by atoms with Crippen LogP contribution in [0.5, 0.6) is 0 Å². The topological polar surface area (TPSA) is 26.0 Å². The number of hydrogen-bond donors (Lipinski definition) is 0. The van der Waals surface area contributed by atoms with Crippen LogP contribution in [-0.4, -0.2) is 4.98 Å². The third-order valence-corrected chi connectivity index (χ3v) is 1.90. The van der Waals surface area contributed by atoms with E-state index in [4.69, 9.17) is 4.42 Å². The zero-order valence-electron chi connectivity index (χ0n) is 8.61. The fourth-order valence-corrected chi connectivity index (χ4v) is 1.17. The summed E-state index contributed by atoms with van der Waals surface area (Å²) in [7, 11) is 0. The lowest BCUT2D eigenvalue weighted by Gasteiger charge is -1.87. The highest BCUT2D eigenvalue weighted by atomic mass is 35.5. The number of nitrogens with zero attached hydrogens (tertiary/aromatic N) is 1. The van der Waals surface area contributed by atoms with Crippen molar-refractivity contribution in [3.05, 3.63) is 66.4 Å². The molecular formula is C13H12ClNO. The lowest BCUT2D eigenvalue weighted by molar-refractivity contribution is 0.567. The van der Waals surface area contributed by atoms with E-state index in [1.165, 1.54) is 0 Å². The summed E-state index contributed by atoms with van der Waals surface area (Å²) in [6.45, 7) is 0. The maximum atomic E-state index is 4.94. The third kappa shape index (κ3) is 3.75. The largest absolute Gasteiger partial charge is 0.472 e. The minimum absolute atomic E-state index is 0. The number of furan rings is 1. The van der Waals surface area contributed by atoms with Crippen LogP contribution in [0.2, 0.25) is 0 Å². The van der Waals surface area contributed by atoms with E-state index in [1.54, 1.807) is 18.7 Å². The molecule has 0 aliphatic carbocycles. The van der Waals surface area contributed by atoms with Crippen LogP contribution >= 0.6 is 12.4 Å². The molecule has 0 aliphatic rings. The number of allylic oxidation sites excluding steroid dienone is 2. The van der Waals surface area contributed by atoms with Crippen molar-refractivity contribution in [2.75, 3.05) is 0 Å². The van der Waals surface area contributed by atoms with Crippen LogP contribution in [0.15, 0.2) is 59.6 Å². The van der Waals surface area contributed by atoms with Crippen molar-refractivity contribution in [2.24, 2.45) is 0 Å². The van der Waals surface area contributed by atoms with Gasteiger partial charge < -0.3 is 4.42 Å². The standard InChI is InChI=1S/C13H11NO.ClH/c1(5-12-8-10-15-11-12)2-6-13-7-3-4-9-14-13;/h1-11H;1H/b5-1+,6-2+;. The molecule has 0 saturated heterocycles. The molecule has 0 radical (unpaired) electrons. The van der Waals surface area contributed by atoms with E-state index < -0.39 is 0 Å². The van der Waals surface area contributed by atoms with Crippen LogP contribution in [0.1, 0.15) is 11.3 Å². The highest BCUT2D eigenvalue weighted by Gasteiger charge is 1.84. The second-order valence-corrected chi connectivity index (χ2v) is 3.03. The molecule has 0 aliphatic heterocycles. The first-order valence-electron chi connectivity index (χ1n) is 4.73. The van der Waals surface area contributed by atoms with Crippen LogP contribution in [0.4, 0.5) is 0 Å². The summed E-state index contributed by atoms with van der Waals surface area (Å²) in [6.07, 6.45) is 13.0. The third-order valence-electron chi connectivity index (χ3n) is 1.90. The second-order valence-electron chi connectivity index (χ2n) is 3.03. The van der Waals surface area contributed by atoms with Crippen molar-refractivity contribution in [2.45, 2.75) is 0 Å². The molecule has 0 N–H and O–H groups in total. The van der Waals surface area contributed by atoms with Gasteiger partial charge in [0.2, 0.25) is 0 Å². The molecule has 0 fully saturated rings. The highest BCUT2D eigenvalue weighted by molar-refractivity contribution is 5.85. The van der Waals surface area contributed by atoms with Crippen LogP contribution in [0.25, 0.3) is 12.2 Å². The molecule has 0 aromatic carbocycles. The van der Waals surface area contributed by atoms with E-state index in [0.717, 1.165) is 11.3 Å². The summed E-state index contributed by atoms with van der Waals surface area (Å²) >= 11 is 0. The van der Waals surface area contributed by atoms with Gasteiger partial charge >= 0.3 is 0 Å². The molecule has 0 amide bonds. The van der Waals surface area contributed by atoms with E-state index >= 15 is 0 Å². The summed E-state index contributed by atoms with van der Waals surface area (Å²) in [5.41, 5.74) is 2.01. The maximum absolute atomic E-state index is 4.94. The van der Waals surface area contributed by atoms with Gasteiger partial charge in [-0.25, -0.2) is 0 Å². The van der Waals surface area contributed by atoms with Crippen molar-refractivity contribution in [1.82, 2.24) is 4.98 Å². The van der Waals surface area contributed by atoms with Crippen LogP contribution in [0.3, 0.4) is 0 Å². The lowest BCUT2D eigenvalue weighted by Crippen LogP contribution is -1.74. The predicted molar refractivity (Wildman–Crippen MR) is 68.3 cm³/mol. The minimum atomic E-state index is 0. The van der Waals surface area contributed by atoms with E-state index in [9.17, 15) is 0 Å². The van der Waals surface area contributed by atoms with Crippen LogP contribution in [0, 0.1) is 0 Å². The molecule has 0 saturated carbocycles. The number of pyridine rings is 1. The molecule has 2 aromatic rings. The normalized spacial score (nSPS) is 10.8. The van der Waals surface area contributed by atoms with Gasteiger partial charge in [-0.3, -0.25) is 4.98 Å². The van der Waals surface area contributed by atoms with Gasteiger partial charge in [-0.2, -0.15) is 0 Å². The zero-order chi connectivity index (χ0) is 10.3. The van der Waals surface area contributed by atoms with Crippen LogP contribution in [-0.2, 0) is 0 Å². The Morgan fingerprint density at radius 3 is 2.62 bits per heavy atom. The molecule has 2 heterocycles. The van der Waals surface area contributed by atoms with Crippen LogP contribution < -0.4 is 0 Å². The summed E-state index contributed by atoms with van der Waals surface area (Å²) in [5, 5.41) is 0. The first kappa shape index (κ1) is 12.3. The van der Waals surface area contributed by atoms with Gasteiger partial charge in [-0.05, 0) is 24.3 Å². The molecule has 0 bridgehead atoms. The number of halogens is 1. The quantitative estimate of drug-likeness (QED) is 0.754. The van der Waals surface area contributed by atoms with Crippen molar-refractivity contribution >= 4 is 24.6 Å². The monoisotopic (exact) mass is 233 g/mol. The van der Waals surface area contributed by atoms with E-state index in [-0.39, 0.29) is 12.4 Å². The molecular weight excluding hydrogens is 222 g/mol. The first-order valence-corrected chi connectivity index (χ1v) is 4.73. The Kier molecular flexibility index (Phi) is 5.09. The molecule has 0 atom stereocenters. The lowest BCUT2D eigenvalue weighted by atomic mass is 10.3. The zero-order valence-corrected chi connectivity index (χ0v) is 9.43. The van der Waals surface area contributed by atoms with Gasteiger partial charge in [0.05, 0.1) is 18.2 Å². The molecule has 0 unspecified atom stereocenters. The van der Waals surface area contributed by atoms with Crippen molar-refractivity contribution in [3.63, 3.8) is 0 Å². The van der Waals surface area contributed by atoms with Gasteiger partial charge in [0.1, 0.15) is 0 Å². The van der Waals surface area contributed by atoms with Crippen molar-refractivity contribution < 1.29 is 4.42 Å². The van der Waals surface area contributed by atoms with Gasteiger partial charge in [-0.1, -0.05) is 24.3 Å². The summed E-state index contributed by atoms with van der Waals surface area (Å²) in [5.74, 6) is 0. The van der Waals surface area contributed by atoms with E-state index in [0.29, 0.717) is 0 Å². The number of aromatic nitrogens is 1. The van der Waals surface area contributed by atoms with Crippen molar-refractivity contribution in [3.8, 4) is 0 Å². The summed E-state index contributed by atoms with van der Waals surface area (Å²) in [6, 6.07) is 7.73. The fraction of sp³-hybridized carbons (Fsp3) is 0. The maximum Gasteiger partial charge on any atom is 0.0974 e. The average Bonchev–Trinajstić information content (AvgIpc) is 2.79. The van der Waals surface area contributed by atoms with Gasteiger partial charge in [0.15, 0.2) is 0 Å². The molecule has 0 spiro atoms. The summed E-state index contributed by atoms with van der Waals surface area (Å²) < 4.78 is 4.94. The predicted octanol–water partition coefficient (Wildman–Crippen LogP) is 3.82. The van der Waals surface area contributed by atoms with Gasteiger partial charge in [0.25, 0.3) is 0 Å².